The van der Waals surface area contributed by atoms with Crippen molar-refractivity contribution in [2.24, 2.45) is 5.92 Å². The summed E-state index contributed by atoms with van der Waals surface area (Å²) in [6, 6.07) is 22.4. The van der Waals surface area contributed by atoms with Gasteiger partial charge in [0.25, 0.3) is 0 Å². The standard InChI is InChI=1S/C16H16N2/c1-13(12-17)16(14-8-4-2-5-9-14)18-15-10-6-3-7-11-15/h2-11,13,16,18H,1H3/t13-,16+/m0/s1. The molecule has 2 atom stereocenters. The first-order chi connectivity index (χ1) is 8.81. The van der Waals surface area contributed by atoms with E-state index in [2.05, 4.69) is 23.5 Å². The van der Waals surface area contributed by atoms with Crippen LogP contribution in [0.2, 0.25) is 0 Å². The predicted molar refractivity (Wildman–Crippen MR) is 74.0 cm³/mol. The van der Waals surface area contributed by atoms with Gasteiger partial charge in [-0.3, -0.25) is 0 Å². The second-order valence-electron chi connectivity index (χ2n) is 4.32. The van der Waals surface area contributed by atoms with E-state index in [0.717, 1.165) is 11.3 Å². The highest BCUT2D eigenvalue weighted by atomic mass is 14.9. The second-order valence-corrected chi connectivity index (χ2v) is 4.32. The number of para-hydroxylation sites is 1. The van der Waals surface area contributed by atoms with Gasteiger partial charge in [-0.2, -0.15) is 5.26 Å². The SMILES string of the molecule is C[C@@H](C#N)[C@@H](Nc1ccccc1)c1ccccc1. The molecule has 18 heavy (non-hydrogen) atoms. The summed E-state index contributed by atoms with van der Waals surface area (Å²) in [6.45, 7) is 1.94. The van der Waals surface area contributed by atoms with E-state index in [1.807, 2.05) is 55.5 Å². The van der Waals surface area contributed by atoms with E-state index in [9.17, 15) is 0 Å². The lowest BCUT2D eigenvalue weighted by Gasteiger charge is -2.22. The molecule has 2 rings (SSSR count). The molecule has 1 N–H and O–H groups in total. The normalized spacial score (nSPS) is 13.3. The first-order valence-electron chi connectivity index (χ1n) is 6.07. The van der Waals surface area contributed by atoms with Gasteiger partial charge in [0.1, 0.15) is 0 Å². The number of hydrogen-bond donors (Lipinski definition) is 1. The lowest BCUT2D eigenvalue weighted by molar-refractivity contribution is 0.616. The van der Waals surface area contributed by atoms with Gasteiger partial charge in [-0.05, 0) is 24.6 Å². The average molecular weight is 236 g/mol. The van der Waals surface area contributed by atoms with Crippen LogP contribution in [0.5, 0.6) is 0 Å². The molecule has 0 aliphatic carbocycles. The van der Waals surface area contributed by atoms with E-state index in [4.69, 9.17) is 5.26 Å². The molecule has 0 aromatic heterocycles. The maximum atomic E-state index is 9.15. The molecule has 0 fully saturated rings. The zero-order chi connectivity index (χ0) is 12.8. The Morgan fingerprint density at radius 1 is 0.944 bits per heavy atom. The second kappa shape index (κ2) is 5.88. The van der Waals surface area contributed by atoms with E-state index in [1.165, 1.54) is 0 Å². The molecule has 0 heterocycles. The van der Waals surface area contributed by atoms with Gasteiger partial charge in [0.15, 0.2) is 0 Å². The molecular formula is C16H16N2. The van der Waals surface area contributed by atoms with Crippen molar-refractivity contribution in [2.45, 2.75) is 13.0 Å². The van der Waals surface area contributed by atoms with E-state index >= 15 is 0 Å². The molecule has 2 aromatic carbocycles. The fourth-order valence-corrected chi connectivity index (χ4v) is 1.95. The van der Waals surface area contributed by atoms with Crippen LogP contribution in [0.1, 0.15) is 18.5 Å². The maximum Gasteiger partial charge on any atom is 0.0678 e. The number of rotatable bonds is 4. The zero-order valence-corrected chi connectivity index (χ0v) is 10.4. The average Bonchev–Trinajstić information content (AvgIpc) is 2.46. The van der Waals surface area contributed by atoms with Gasteiger partial charge in [0, 0.05) is 5.69 Å². The Hall–Kier alpha value is -2.27. The number of anilines is 1. The van der Waals surface area contributed by atoms with Crippen molar-refractivity contribution >= 4 is 5.69 Å². The highest BCUT2D eigenvalue weighted by molar-refractivity contribution is 5.45. The Balaban J connectivity index is 2.25. The van der Waals surface area contributed by atoms with Crippen LogP contribution in [-0.4, -0.2) is 0 Å². The fraction of sp³-hybridized carbons (Fsp3) is 0.188. The van der Waals surface area contributed by atoms with Gasteiger partial charge in [0.2, 0.25) is 0 Å². The molecule has 0 unspecified atom stereocenters. The third-order valence-electron chi connectivity index (χ3n) is 2.96. The van der Waals surface area contributed by atoms with E-state index in [-0.39, 0.29) is 12.0 Å². The van der Waals surface area contributed by atoms with Gasteiger partial charge < -0.3 is 5.32 Å². The van der Waals surface area contributed by atoms with Crippen LogP contribution < -0.4 is 5.32 Å². The third-order valence-corrected chi connectivity index (χ3v) is 2.96. The summed E-state index contributed by atoms with van der Waals surface area (Å²) in [5.74, 6) is -0.0902. The molecule has 0 spiro atoms. The minimum absolute atomic E-state index is 0.0126. The monoisotopic (exact) mass is 236 g/mol. The molecule has 0 aliphatic rings. The lowest BCUT2D eigenvalue weighted by atomic mass is 9.95. The quantitative estimate of drug-likeness (QED) is 0.871. The van der Waals surface area contributed by atoms with Gasteiger partial charge in [0.05, 0.1) is 18.0 Å². The largest absolute Gasteiger partial charge is 0.377 e. The minimum Gasteiger partial charge on any atom is -0.377 e. The van der Waals surface area contributed by atoms with Crippen molar-refractivity contribution in [1.29, 1.82) is 5.26 Å². The van der Waals surface area contributed by atoms with Crippen LogP contribution in [-0.2, 0) is 0 Å². The number of nitrogens with one attached hydrogen (secondary N) is 1. The molecule has 2 heteroatoms. The molecule has 0 saturated carbocycles. The van der Waals surface area contributed by atoms with Gasteiger partial charge in [-0.15, -0.1) is 0 Å². The number of hydrogen-bond acceptors (Lipinski definition) is 2. The highest BCUT2D eigenvalue weighted by Crippen LogP contribution is 2.26. The molecule has 0 radical (unpaired) electrons. The minimum atomic E-state index is -0.0902. The lowest BCUT2D eigenvalue weighted by Crippen LogP contribution is -2.17. The Morgan fingerprint density at radius 3 is 2.06 bits per heavy atom. The van der Waals surface area contributed by atoms with Crippen LogP contribution in [0.25, 0.3) is 0 Å². The highest BCUT2D eigenvalue weighted by Gasteiger charge is 2.18. The van der Waals surface area contributed by atoms with Crippen molar-refractivity contribution in [1.82, 2.24) is 0 Å². The van der Waals surface area contributed by atoms with Crippen LogP contribution in [0, 0.1) is 17.2 Å². The number of nitriles is 1. The Kier molecular flexibility index (Phi) is 3.98. The Bertz CT molecular complexity index is 514. The summed E-state index contributed by atoms with van der Waals surface area (Å²) < 4.78 is 0. The van der Waals surface area contributed by atoms with Crippen LogP contribution in [0.4, 0.5) is 5.69 Å². The summed E-state index contributed by atoms with van der Waals surface area (Å²) in [7, 11) is 0. The number of nitrogens with zero attached hydrogens (tertiary/aromatic N) is 1. The van der Waals surface area contributed by atoms with Gasteiger partial charge in [-0.25, -0.2) is 0 Å². The van der Waals surface area contributed by atoms with Crippen LogP contribution in [0.3, 0.4) is 0 Å². The van der Waals surface area contributed by atoms with Crippen molar-refractivity contribution < 1.29 is 0 Å². The predicted octanol–water partition coefficient (Wildman–Crippen LogP) is 4.00. The van der Waals surface area contributed by atoms with Crippen LogP contribution in [0.15, 0.2) is 60.7 Å². The maximum absolute atomic E-state index is 9.15. The first kappa shape index (κ1) is 12.2. The topological polar surface area (TPSA) is 35.8 Å². The molecule has 0 bridgehead atoms. The molecule has 90 valence electrons. The third kappa shape index (κ3) is 2.89. The summed E-state index contributed by atoms with van der Waals surface area (Å²) in [6.07, 6.45) is 0. The summed E-state index contributed by atoms with van der Waals surface area (Å²) in [4.78, 5) is 0. The fourth-order valence-electron chi connectivity index (χ4n) is 1.95. The van der Waals surface area contributed by atoms with Crippen molar-refractivity contribution in [3.05, 3.63) is 66.2 Å². The molecule has 0 saturated heterocycles. The molecule has 2 aromatic rings. The first-order valence-corrected chi connectivity index (χ1v) is 6.07. The Labute approximate surface area is 108 Å². The van der Waals surface area contributed by atoms with Gasteiger partial charge in [-0.1, -0.05) is 48.5 Å². The summed E-state index contributed by atoms with van der Waals surface area (Å²) in [5.41, 5.74) is 2.17. The van der Waals surface area contributed by atoms with Crippen LogP contribution >= 0.6 is 0 Å². The molecule has 0 amide bonds. The van der Waals surface area contributed by atoms with E-state index in [1.54, 1.807) is 0 Å². The van der Waals surface area contributed by atoms with E-state index in [0.29, 0.717) is 0 Å². The van der Waals surface area contributed by atoms with Crippen molar-refractivity contribution in [2.75, 3.05) is 5.32 Å². The Morgan fingerprint density at radius 2 is 1.50 bits per heavy atom. The molecular weight excluding hydrogens is 220 g/mol. The van der Waals surface area contributed by atoms with E-state index < -0.39 is 0 Å². The molecule has 0 aliphatic heterocycles. The zero-order valence-electron chi connectivity index (χ0n) is 10.4. The molecule has 2 nitrogen and oxygen atoms in total. The summed E-state index contributed by atoms with van der Waals surface area (Å²) >= 11 is 0. The number of benzene rings is 2. The summed E-state index contributed by atoms with van der Waals surface area (Å²) in [5, 5.41) is 12.6. The van der Waals surface area contributed by atoms with Gasteiger partial charge >= 0.3 is 0 Å². The van der Waals surface area contributed by atoms with Crippen molar-refractivity contribution in [3.63, 3.8) is 0 Å². The smallest absolute Gasteiger partial charge is 0.0678 e. The van der Waals surface area contributed by atoms with Crippen molar-refractivity contribution in [3.8, 4) is 6.07 Å².